The average Bonchev–Trinajstić information content (AvgIpc) is 1.35. The third kappa shape index (κ3) is 31.2. The standard InChI is InChI=1S/C3H7NS2.3H2O/c1-2-6-3(4)5;;;/h2H2,1H3,(H2,4,5);3*1H2. The van der Waals surface area contributed by atoms with Crippen molar-refractivity contribution in [3.05, 3.63) is 0 Å². The Labute approximate surface area is 63.7 Å². The lowest BCUT2D eigenvalue weighted by atomic mass is 11.0. The molecule has 0 aliphatic rings. The summed E-state index contributed by atoms with van der Waals surface area (Å²) >= 11 is 6.03. The molecule has 0 radical (unpaired) electrons. The van der Waals surface area contributed by atoms with Gasteiger partial charge in [0, 0.05) is 0 Å². The highest BCUT2D eigenvalue weighted by Crippen LogP contribution is 1.95. The summed E-state index contributed by atoms with van der Waals surface area (Å²) in [6, 6.07) is 0. The number of thiocarbonyl (C=S) groups is 1. The van der Waals surface area contributed by atoms with Gasteiger partial charge in [0.15, 0.2) is 0 Å². The lowest BCUT2D eigenvalue weighted by molar-refractivity contribution is 0.823. The zero-order chi connectivity index (χ0) is 4.99. The van der Waals surface area contributed by atoms with Crippen molar-refractivity contribution in [2.24, 2.45) is 5.73 Å². The molecule has 0 unspecified atom stereocenters. The van der Waals surface area contributed by atoms with Crippen LogP contribution in [0.15, 0.2) is 0 Å². The summed E-state index contributed by atoms with van der Waals surface area (Å²) in [7, 11) is 0. The molecule has 0 rings (SSSR count). The summed E-state index contributed by atoms with van der Waals surface area (Å²) in [6.07, 6.45) is 0. The van der Waals surface area contributed by atoms with Gasteiger partial charge < -0.3 is 22.2 Å². The zero-order valence-corrected chi connectivity index (χ0v) is 6.73. The van der Waals surface area contributed by atoms with Crippen molar-refractivity contribution < 1.29 is 16.4 Å². The highest BCUT2D eigenvalue weighted by atomic mass is 32.2. The van der Waals surface area contributed by atoms with E-state index in [9.17, 15) is 0 Å². The molecule has 60 valence electrons. The molecular formula is C3H13NO3S2. The molecule has 4 nitrogen and oxygen atoms in total. The Morgan fingerprint density at radius 2 is 1.78 bits per heavy atom. The second-order valence-corrected chi connectivity index (χ2v) is 2.76. The first kappa shape index (κ1) is 22.9. The summed E-state index contributed by atoms with van der Waals surface area (Å²) in [5.74, 6) is 0.981. The van der Waals surface area contributed by atoms with E-state index >= 15 is 0 Å². The maximum Gasteiger partial charge on any atom is 0.131 e. The maximum atomic E-state index is 5.10. The largest absolute Gasteiger partial charge is 0.412 e. The van der Waals surface area contributed by atoms with Crippen LogP contribution in [0.4, 0.5) is 0 Å². The van der Waals surface area contributed by atoms with E-state index in [2.05, 4.69) is 12.2 Å². The highest BCUT2D eigenvalue weighted by Gasteiger charge is 1.79. The number of rotatable bonds is 1. The molecule has 0 heterocycles. The number of hydrogen-bond acceptors (Lipinski definition) is 2. The van der Waals surface area contributed by atoms with Crippen molar-refractivity contribution in [3.63, 3.8) is 0 Å². The number of nitrogens with two attached hydrogens (primary N) is 1. The van der Waals surface area contributed by atoms with Gasteiger partial charge in [-0.3, -0.25) is 0 Å². The molecule has 0 bridgehead atoms. The average molecular weight is 175 g/mol. The van der Waals surface area contributed by atoms with E-state index in [1.54, 1.807) is 0 Å². The minimum Gasteiger partial charge on any atom is -0.412 e. The molecule has 0 aliphatic heterocycles. The minimum atomic E-state index is 0. The summed E-state index contributed by atoms with van der Waals surface area (Å²) < 4.78 is 0.539. The van der Waals surface area contributed by atoms with Crippen LogP contribution in [0.2, 0.25) is 0 Å². The van der Waals surface area contributed by atoms with Gasteiger partial charge in [-0.25, -0.2) is 0 Å². The van der Waals surface area contributed by atoms with Crippen LogP contribution in [0.1, 0.15) is 6.92 Å². The van der Waals surface area contributed by atoms with Gasteiger partial charge in [0.05, 0.1) is 0 Å². The molecule has 9 heavy (non-hydrogen) atoms. The van der Waals surface area contributed by atoms with E-state index in [1.807, 2.05) is 6.92 Å². The van der Waals surface area contributed by atoms with Crippen molar-refractivity contribution in [1.29, 1.82) is 0 Å². The maximum absolute atomic E-state index is 5.10. The third-order valence-corrected chi connectivity index (χ3v) is 1.21. The fraction of sp³-hybridized carbons (Fsp3) is 0.667. The van der Waals surface area contributed by atoms with Gasteiger partial charge in [0.1, 0.15) is 4.32 Å². The summed E-state index contributed by atoms with van der Waals surface area (Å²) in [4.78, 5) is 0. The first-order chi connectivity index (χ1) is 2.77. The second-order valence-electron chi connectivity index (χ2n) is 0.752. The number of hydrogen-bond donors (Lipinski definition) is 1. The van der Waals surface area contributed by atoms with Gasteiger partial charge in [-0.15, -0.1) is 0 Å². The molecule has 0 amide bonds. The van der Waals surface area contributed by atoms with Crippen molar-refractivity contribution in [2.45, 2.75) is 6.92 Å². The molecule has 0 aromatic rings. The van der Waals surface area contributed by atoms with Gasteiger partial charge in [-0.2, -0.15) is 0 Å². The van der Waals surface area contributed by atoms with E-state index in [-0.39, 0.29) is 16.4 Å². The Balaban J connectivity index is -0.0000000417. The lowest BCUT2D eigenvalue weighted by Gasteiger charge is -1.85. The van der Waals surface area contributed by atoms with Crippen LogP contribution in [-0.2, 0) is 0 Å². The van der Waals surface area contributed by atoms with Crippen LogP contribution in [-0.4, -0.2) is 26.5 Å². The second kappa shape index (κ2) is 15.7. The van der Waals surface area contributed by atoms with Gasteiger partial charge in [0.25, 0.3) is 0 Å². The summed E-state index contributed by atoms with van der Waals surface area (Å²) in [5.41, 5.74) is 5.10. The van der Waals surface area contributed by atoms with Crippen molar-refractivity contribution in [2.75, 3.05) is 5.75 Å². The fourth-order valence-corrected chi connectivity index (χ4v) is 0.780. The predicted molar refractivity (Wildman–Crippen MR) is 45.8 cm³/mol. The van der Waals surface area contributed by atoms with E-state index in [0.29, 0.717) is 4.32 Å². The molecular weight excluding hydrogens is 162 g/mol. The van der Waals surface area contributed by atoms with Crippen LogP contribution in [0, 0.1) is 0 Å². The van der Waals surface area contributed by atoms with E-state index in [4.69, 9.17) is 5.73 Å². The topological polar surface area (TPSA) is 121 Å². The number of thioether (sulfide) groups is 1. The minimum absolute atomic E-state index is 0. The van der Waals surface area contributed by atoms with Gasteiger partial charge in [-0.1, -0.05) is 30.9 Å². The van der Waals surface area contributed by atoms with Crippen LogP contribution >= 0.6 is 24.0 Å². The Kier molecular flexibility index (Phi) is 40.0. The molecule has 0 saturated carbocycles. The highest BCUT2D eigenvalue weighted by molar-refractivity contribution is 8.22. The molecule has 0 aromatic carbocycles. The van der Waals surface area contributed by atoms with E-state index in [1.165, 1.54) is 11.8 Å². The quantitative estimate of drug-likeness (QED) is 0.488. The molecule has 0 aliphatic carbocycles. The van der Waals surface area contributed by atoms with Crippen LogP contribution in [0.5, 0.6) is 0 Å². The van der Waals surface area contributed by atoms with Gasteiger partial charge in [0.2, 0.25) is 0 Å². The van der Waals surface area contributed by atoms with Gasteiger partial charge in [-0.05, 0) is 5.75 Å². The normalized spacial score (nSPS) is 5.44. The Hall–Kier alpha value is 0.120. The predicted octanol–water partition coefficient (Wildman–Crippen LogP) is -1.49. The molecule has 0 spiro atoms. The summed E-state index contributed by atoms with van der Waals surface area (Å²) in [6.45, 7) is 2.02. The van der Waals surface area contributed by atoms with E-state index in [0.717, 1.165) is 5.75 Å². The third-order valence-electron chi connectivity index (χ3n) is 0.287. The lowest BCUT2D eigenvalue weighted by Crippen LogP contribution is -2.00. The Morgan fingerprint density at radius 1 is 1.44 bits per heavy atom. The SMILES string of the molecule is CCSC(N)=S.O.O.O. The van der Waals surface area contributed by atoms with Crippen LogP contribution in [0.25, 0.3) is 0 Å². The van der Waals surface area contributed by atoms with Crippen molar-refractivity contribution >= 4 is 28.3 Å². The van der Waals surface area contributed by atoms with Crippen molar-refractivity contribution in [3.8, 4) is 0 Å². The van der Waals surface area contributed by atoms with Crippen LogP contribution < -0.4 is 5.73 Å². The smallest absolute Gasteiger partial charge is 0.131 e. The monoisotopic (exact) mass is 175 g/mol. The Bertz CT molecular complexity index is 61.0. The molecule has 0 aromatic heterocycles. The molecule has 8 N–H and O–H groups in total. The first-order valence-electron chi connectivity index (χ1n) is 1.69. The fourth-order valence-electron chi connectivity index (χ4n) is 0.142. The molecule has 0 saturated heterocycles. The first-order valence-corrected chi connectivity index (χ1v) is 3.09. The molecule has 6 heteroatoms. The Morgan fingerprint density at radius 3 is 1.78 bits per heavy atom. The van der Waals surface area contributed by atoms with Crippen LogP contribution in [0.3, 0.4) is 0 Å². The zero-order valence-electron chi connectivity index (χ0n) is 5.10. The van der Waals surface area contributed by atoms with Gasteiger partial charge >= 0.3 is 0 Å². The summed E-state index contributed by atoms with van der Waals surface area (Å²) in [5, 5.41) is 0. The molecule has 0 atom stereocenters. The van der Waals surface area contributed by atoms with E-state index < -0.39 is 0 Å². The molecule has 0 fully saturated rings. The van der Waals surface area contributed by atoms with Crippen molar-refractivity contribution in [1.82, 2.24) is 0 Å².